The SMILES string of the molecule is O=C(CC1CCC(Nc2cc(NC3CC3)c3ncc(C(=O)Nc4ccncc4F)n3n2)CC1)c1cccnc1. The summed E-state index contributed by atoms with van der Waals surface area (Å²) in [5.74, 6) is -0.0318. The monoisotopic (exact) mass is 528 g/mol. The van der Waals surface area contributed by atoms with Crippen LogP contribution in [0.2, 0.25) is 0 Å². The lowest BCUT2D eigenvalue weighted by Gasteiger charge is -2.29. The van der Waals surface area contributed by atoms with Gasteiger partial charge in [0.2, 0.25) is 0 Å². The van der Waals surface area contributed by atoms with Crippen LogP contribution in [0.5, 0.6) is 0 Å². The first-order valence-electron chi connectivity index (χ1n) is 13.3. The number of ketones is 1. The fourth-order valence-corrected chi connectivity index (χ4v) is 5.04. The minimum atomic E-state index is -0.621. The van der Waals surface area contributed by atoms with Crippen LogP contribution in [0.1, 0.15) is 65.8 Å². The Bertz CT molecular complexity index is 1500. The third kappa shape index (κ3) is 5.71. The zero-order valence-electron chi connectivity index (χ0n) is 21.3. The summed E-state index contributed by atoms with van der Waals surface area (Å²) in [7, 11) is 0. The van der Waals surface area contributed by atoms with Gasteiger partial charge in [-0.2, -0.15) is 0 Å². The van der Waals surface area contributed by atoms with Gasteiger partial charge in [0.15, 0.2) is 22.9 Å². The van der Waals surface area contributed by atoms with E-state index in [4.69, 9.17) is 0 Å². The number of aromatic nitrogens is 5. The Balaban J connectivity index is 1.16. The molecule has 39 heavy (non-hydrogen) atoms. The number of Topliss-reactive ketones (excluding diaryl/α,β-unsaturated/α-hetero) is 1. The predicted molar refractivity (Wildman–Crippen MR) is 144 cm³/mol. The number of imidazole rings is 1. The average Bonchev–Trinajstić information content (AvgIpc) is 3.66. The zero-order valence-corrected chi connectivity index (χ0v) is 21.3. The molecule has 2 fully saturated rings. The number of anilines is 3. The molecule has 0 bridgehead atoms. The summed E-state index contributed by atoms with van der Waals surface area (Å²) in [5, 5.41) is 14.3. The fourth-order valence-electron chi connectivity index (χ4n) is 5.04. The molecule has 2 saturated carbocycles. The lowest BCUT2D eigenvalue weighted by molar-refractivity contribution is 0.0947. The Kier molecular flexibility index (Phi) is 6.87. The van der Waals surface area contributed by atoms with Gasteiger partial charge in [-0.25, -0.2) is 13.9 Å². The average molecular weight is 529 g/mol. The first-order chi connectivity index (χ1) is 19.0. The van der Waals surface area contributed by atoms with Gasteiger partial charge in [-0.3, -0.25) is 19.6 Å². The van der Waals surface area contributed by atoms with Crippen molar-refractivity contribution < 1.29 is 14.0 Å². The molecule has 11 heteroatoms. The van der Waals surface area contributed by atoms with Crippen molar-refractivity contribution in [2.24, 2.45) is 5.92 Å². The minimum Gasteiger partial charge on any atom is -0.379 e. The molecular weight excluding hydrogens is 499 g/mol. The van der Waals surface area contributed by atoms with Gasteiger partial charge in [0, 0.05) is 48.7 Å². The minimum absolute atomic E-state index is 0.0364. The molecule has 2 aliphatic carbocycles. The standard InChI is InChI=1S/C28H29FN8O2/c29-21-15-31-11-9-22(21)35-28(39)24-16-32-27-23(33-19-7-8-19)13-26(36-37(24)27)34-20-5-3-17(4-6-20)12-25(38)18-2-1-10-30-14-18/h1-2,9-11,13-17,19-20,33H,3-8,12H2,(H,34,36)(H,31,35,39). The van der Waals surface area contributed by atoms with Crippen LogP contribution in [0.25, 0.3) is 5.65 Å². The Labute approximate surface area is 224 Å². The maximum absolute atomic E-state index is 14.1. The Morgan fingerprint density at radius 3 is 2.44 bits per heavy atom. The van der Waals surface area contributed by atoms with Gasteiger partial charge in [0.05, 0.1) is 23.8 Å². The summed E-state index contributed by atoms with van der Waals surface area (Å²) in [6, 6.07) is 7.50. The molecule has 0 aliphatic heterocycles. The molecular formula is C28H29FN8O2. The van der Waals surface area contributed by atoms with E-state index in [1.54, 1.807) is 18.5 Å². The number of nitrogens with zero attached hydrogens (tertiary/aromatic N) is 5. The van der Waals surface area contributed by atoms with Gasteiger partial charge in [-0.05, 0) is 62.6 Å². The van der Waals surface area contributed by atoms with Crippen molar-refractivity contribution in [2.45, 2.75) is 57.0 Å². The van der Waals surface area contributed by atoms with E-state index in [9.17, 15) is 14.0 Å². The maximum Gasteiger partial charge on any atom is 0.276 e. The van der Waals surface area contributed by atoms with E-state index in [1.165, 1.54) is 23.0 Å². The predicted octanol–water partition coefficient (Wildman–Crippen LogP) is 4.73. The third-order valence-electron chi connectivity index (χ3n) is 7.31. The number of fused-ring (bicyclic) bond motifs is 1. The first kappa shape index (κ1) is 24.9. The summed E-state index contributed by atoms with van der Waals surface area (Å²) in [6.45, 7) is 0. The molecule has 0 radical (unpaired) electrons. The molecule has 10 nitrogen and oxygen atoms in total. The lowest BCUT2D eigenvalue weighted by Crippen LogP contribution is -2.28. The van der Waals surface area contributed by atoms with Crippen LogP contribution in [0.4, 0.5) is 21.6 Å². The van der Waals surface area contributed by atoms with Crippen molar-refractivity contribution in [3.63, 3.8) is 0 Å². The summed E-state index contributed by atoms with van der Waals surface area (Å²) in [4.78, 5) is 37.9. The van der Waals surface area contributed by atoms with Crippen molar-refractivity contribution in [1.82, 2.24) is 24.6 Å². The first-order valence-corrected chi connectivity index (χ1v) is 13.3. The van der Waals surface area contributed by atoms with Crippen LogP contribution in [0.3, 0.4) is 0 Å². The topological polar surface area (TPSA) is 126 Å². The molecule has 2 aliphatic rings. The molecule has 4 aromatic rings. The second-order valence-corrected chi connectivity index (χ2v) is 10.3. The van der Waals surface area contributed by atoms with E-state index in [0.29, 0.717) is 35.4 Å². The van der Waals surface area contributed by atoms with Crippen molar-refractivity contribution in [2.75, 3.05) is 16.0 Å². The molecule has 4 aromatic heterocycles. The van der Waals surface area contributed by atoms with E-state index in [0.717, 1.165) is 50.4 Å². The van der Waals surface area contributed by atoms with Gasteiger partial charge in [0.1, 0.15) is 5.82 Å². The number of hydrogen-bond donors (Lipinski definition) is 3. The highest BCUT2D eigenvalue weighted by Crippen LogP contribution is 2.32. The van der Waals surface area contributed by atoms with Gasteiger partial charge in [-0.15, -0.1) is 5.10 Å². The molecule has 0 aromatic carbocycles. The molecule has 0 unspecified atom stereocenters. The van der Waals surface area contributed by atoms with Crippen LogP contribution >= 0.6 is 0 Å². The number of rotatable bonds is 9. The Morgan fingerprint density at radius 1 is 0.923 bits per heavy atom. The molecule has 0 atom stereocenters. The largest absolute Gasteiger partial charge is 0.379 e. The Hall–Kier alpha value is -4.41. The van der Waals surface area contributed by atoms with Crippen molar-refractivity contribution in [1.29, 1.82) is 0 Å². The molecule has 4 heterocycles. The van der Waals surface area contributed by atoms with E-state index in [1.807, 2.05) is 12.1 Å². The normalized spacial score (nSPS) is 19.0. The molecule has 200 valence electrons. The number of hydrogen-bond acceptors (Lipinski definition) is 8. The van der Waals surface area contributed by atoms with Gasteiger partial charge < -0.3 is 16.0 Å². The summed E-state index contributed by atoms with van der Waals surface area (Å²) in [6.07, 6.45) is 13.6. The highest BCUT2D eigenvalue weighted by molar-refractivity contribution is 6.03. The second-order valence-electron chi connectivity index (χ2n) is 10.3. The van der Waals surface area contributed by atoms with Crippen molar-refractivity contribution in [3.8, 4) is 0 Å². The highest BCUT2D eigenvalue weighted by Gasteiger charge is 2.27. The molecule has 0 saturated heterocycles. The smallest absolute Gasteiger partial charge is 0.276 e. The number of pyridine rings is 2. The lowest BCUT2D eigenvalue weighted by atomic mass is 9.82. The van der Waals surface area contributed by atoms with Crippen LogP contribution in [0, 0.1) is 11.7 Å². The van der Waals surface area contributed by atoms with E-state index < -0.39 is 11.7 Å². The molecule has 1 amide bonds. The third-order valence-corrected chi connectivity index (χ3v) is 7.31. The number of carbonyl (C=O) groups excluding carboxylic acids is 2. The summed E-state index contributed by atoms with van der Waals surface area (Å²) in [5.41, 5.74) is 2.22. The number of halogens is 1. The van der Waals surface area contributed by atoms with Gasteiger partial charge in [-0.1, -0.05) is 0 Å². The number of nitrogens with one attached hydrogen (secondary N) is 3. The van der Waals surface area contributed by atoms with Crippen molar-refractivity contribution >= 4 is 34.5 Å². The maximum atomic E-state index is 14.1. The summed E-state index contributed by atoms with van der Waals surface area (Å²) >= 11 is 0. The van der Waals surface area contributed by atoms with E-state index in [-0.39, 0.29) is 23.2 Å². The van der Waals surface area contributed by atoms with Crippen molar-refractivity contribution in [3.05, 3.63) is 72.3 Å². The van der Waals surface area contributed by atoms with Crippen LogP contribution in [-0.2, 0) is 0 Å². The molecule has 6 rings (SSSR count). The van der Waals surface area contributed by atoms with Gasteiger partial charge in [0.25, 0.3) is 5.91 Å². The summed E-state index contributed by atoms with van der Waals surface area (Å²) < 4.78 is 15.6. The number of amides is 1. The molecule has 0 spiro atoms. The fraction of sp³-hybridized carbons (Fsp3) is 0.357. The van der Waals surface area contributed by atoms with Crippen LogP contribution in [0.15, 0.2) is 55.2 Å². The zero-order chi connectivity index (χ0) is 26.8. The second kappa shape index (κ2) is 10.8. The molecule has 3 N–H and O–H groups in total. The quantitative estimate of drug-likeness (QED) is 0.266. The number of carbonyl (C=O) groups is 2. The van der Waals surface area contributed by atoms with Crippen LogP contribution in [-0.4, -0.2) is 48.3 Å². The highest BCUT2D eigenvalue weighted by atomic mass is 19.1. The van der Waals surface area contributed by atoms with E-state index >= 15 is 0 Å². The van der Waals surface area contributed by atoms with Gasteiger partial charge >= 0.3 is 0 Å². The Morgan fingerprint density at radius 2 is 1.69 bits per heavy atom. The van der Waals surface area contributed by atoms with E-state index in [2.05, 4.69) is 36.0 Å². The van der Waals surface area contributed by atoms with Crippen LogP contribution < -0.4 is 16.0 Å².